The number of nitrogens with one attached hydrogen (secondary N) is 1. The minimum Gasteiger partial charge on any atom is -0.336 e. The largest absolute Gasteiger partial charge is 0.336 e. The van der Waals surface area contributed by atoms with Crippen molar-refractivity contribution in [2.75, 3.05) is 38.5 Å². The normalized spacial score (nSPS) is 15.0. The number of likely N-dealkylation sites (N-methyl/N-ethyl adjacent to an activating group) is 1. The fraction of sp³-hybridized carbons (Fsp3) is 0.263. The number of carbonyl (C=O) groups is 2. The van der Waals surface area contributed by atoms with Crippen LogP contribution in [0.4, 0.5) is 5.69 Å². The van der Waals surface area contributed by atoms with Crippen LogP contribution in [0.25, 0.3) is 0 Å². The molecule has 1 heterocycles. The summed E-state index contributed by atoms with van der Waals surface area (Å²) < 4.78 is 0. The zero-order valence-electron chi connectivity index (χ0n) is 14.0. The van der Waals surface area contributed by atoms with Gasteiger partial charge >= 0.3 is 0 Å². The lowest BCUT2D eigenvalue weighted by molar-refractivity contribution is 0.0665. The number of hydrogen-bond acceptors (Lipinski definition) is 3. The Morgan fingerprint density at radius 3 is 2.28 bits per heavy atom. The molecule has 130 valence electrons. The smallest absolute Gasteiger partial charge is 0.256 e. The molecule has 0 atom stereocenters. The van der Waals surface area contributed by atoms with Crippen molar-refractivity contribution in [3.05, 3.63) is 64.7 Å². The van der Waals surface area contributed by atoms with Crippen LogP contribution >= 0.6 is 11.6 Å². The Bertz CT molecular complexity index is 768. The third-order valence-electron chi connectivity index (χ3n) is 4.30. The van der Waals surface area contributed by atoms with Crippen molar-refractivity contribution in [3.63, 3.8) is 0 Å². The van der Waals surface area contributed by atoms with Crippen molar-refractivity contribution in [1.29, 1.82) is 0 Å². The lowest BCUT2D eigenvalue weighted by Crippen LogP contribution is -2.47. The molecule has 2 aromatic carbocycles. The summed E-state index contributed by atoms with van der Waals surface area (Å²) in [5.74, 6) is -0.324. The third-order valence-corrected chi connectivity index (χ3v) is 4.55. The Kier molecular flexibility index (Phi) is 5.36. The summed E-state index contributed by atoms with van der Waals surface area (Å²) in [4.78, 5) is 29.3. The summed E-state index contributed by atoms with van der Waals surface area (Å²) in [6.07, 6.45) is 0. The van der Waals surface area contributed by atoms with Gasteiger partial charge in [0.15, 0.2) is 0 Å². The van der Waals surface area contributed by atoms with E-state index in [1.54, 1.807) is 48.5 Å². The Hall–Kier alpha value is -2.37. The maximum absolute atomic E-state index is 12.8. The molecule has 2 amide bonds. The Balaban J connectivity index is 1.77. The molecule has 0 bridgehead atoms. The maximum atomic E-state index is 12.8. The summed E-state index contributed by atoms with van der Waals surface area (Å²) in [6.45, 7) is 3.08. The third kappa shape index (κ3) is 4.18. The van der Waals surface area contributed by atoms with Crippen LogP contribution in [0, 0.1) is 0 Å². The van der Waals surface area contributed by atoms with Gasteiger partial charge in [-0.1, -0.05) is 23.7 Å². The number of anilines is 1. The van der Waals surface area contributed by atoms with E-state index in [4.69, 9.17) is 11.6 Å². The van der Waals surface area contributed by atoms with Gasteiger partial charge in [-0.25, -0.2) is 0 Å². The standard InChI is InChI=1S/C19H20ClN3O2/c1-22-10-12-23(13-11-22)19(25)16-4-2-3-5-17(16)21-18(24)14-6-8-15(20)9-7-14/h2-9H,10-13H2,1H3,(H,21,24). The second-order valence-electron chi connectivity index (χ2n) is 6.10. The highest BCUT2D eigenvalue weighted by molar-refractivity contribution is 6.30. The van der Waals surface area contributed by atoms with Gasteiger partial charge in [0.2, 0.25) is 0 Å². The molecule has 0 aromatic heterocycles. The van der Waals surface area contributed by atoms with E-state index in [9.17, 15) is 9.59 Å². The van der Waals surface area contributed by atoms with Crippen molar-refractivity contribution >= 4 is 29.1 Å². The second-order valence-corrected chi connectivity index (χ2v) is 6.54. The summed E-state index contributed by atoms with van der Waals surface area (Å²) in [7, 11) is 2.04. The van der Waals surface area contributed by atoms with E-state index in [1.165, 1.54) is 0 Å². The first-order valence-electron chi connectivity index (χ1n) is 8.18. The fourth-order valence-corrected chi connectivity index (χ4v) is 2.88. The second kappa shape index (κ2) is 7.68. The molecule has 5 nitrogen and oxygen atoms in total. The fourth-order valence-electron chi connectivity index (χ4n) is 2.75. The molecule has 0 saturated carbocycles. The van der Waals surface area contributed by atoms with Crippen LogP contribution in [0.3, 0.4) is 0 Å². The molecule has 0 radical (unpaired) electrons. The highest BCUT2D eigenvalue weighted by Crippen LogP contribution is 2.20. The van der Waals surface area contributed by atoms with Crippen LogP contribution in [0.2, 0.25) is 5.02 Å². The molecule has 0 aliphatic carbocycles. The van der Waals surface area contributed by atoms with Crippen molar-refractivity contribution in [1.82, 2.24) is 9.80 Å². The van der Waals surface area contributed by atoms with E-state index in [1.807, 2.05) is 11.9 Å². The van der Waals surface area contributed by atoms with E-state index in [0.29, 0.717) is 34.9 Å². The lowest BCUT2D eigenvalue weighted by Gasteiger charge is -2.32. The molecule has 1 aliphatic rings. The SMILES string of the molecule is CN1CCN(C(=O)c2ccccc2NC(=O)c2ccc(Cl)cc2)CC1. The van der Waals surface area contributed by atoms with Gasteiger partial charge in [-0.05, 0) is 43.4 Å². The average molecular weight is 358 g/mol. The van der Waals surface area contributed by atoms with Gasteiger partial charge in [-0.3, -0.25) is 9.59 Å². The quantitative estimate of drug-likeness (QED) is 0.918. The molecule has 3 rings (SSSR count). The molecule has 2 aromatic rings. The van der Waals surface area contributed by atoms with E-state index < -0.39 is 0 Å². The van der Waals surface area contributed by atoms with Crippen LogP contribution in [-0.4, -0.2) is 54.8 Å². The van der Waals surface area contributed by atoms with E-state index in [-0.39, 0.29) is 11.8 Å². The first kappa shape index (κ1) is 17.5. The van der Waals surface area contributed by atoms with Gasteiger partial charge in [0.05, 0.1) is 11.3 Å². The topological polar surface area (TPSA) is 52.6 Å². The van der Waals surface area contributed by atoms with Crippen LogP contribution < -0.4 is 5.32 Å². The molecule has 1 fully saturated rings. The van der Waals surface area contributed by atoms with Crippen molar-refractivity contribution in [2.45, 2.75) is 0 Å². The Morgan fingerprint density at radius 1 is 0.960 bits per heavy atom. The van der Waals surface area contributed by atoms with Crippen molar-refractivity contribution in [3.8, 4) is 0 Å². The Morgan fingerprint density at radius 2 is 1.60 bits per heavy atom. The summed E-state index contributed by atoms with van der Waals surface area (Å²) in [5, 5.41) is 3.41. The zero-order valence-corrected chi connectivity index (χ0v) is 14.8. The van der Waals surface area contributed by atoms with Crippen LogP contribution in [0.15, 0.2) is 48.5 Å². The van der Waals surface area contributed by atoms with Crippen LogP contribution in [0.1, 0.15) is 20.7 Å². The molecule has 1 N–H and O–H groups in total. The van der Waals surface area contributed by atoms with E-state index in [0.717, 1.165) is 13.1 Å². The molecule has 1 saturated heterocycles. The van der Waals surface area contributed by atoms with Gasteiger partial charge in [0, 0.05) is 36.8 Å². The lowest BCUT2D eigenvalue weighted by atomic mass is 10.1. The number of benzene rings is 2. The Labute approximate surface area is 152 Å². The number of halogens is 1. The van der Waals surface area contributed by atoms with Gasteiger partial charge < -0.3 is 15.1 Å². The number of para-hydroxylation sites is 1. The first-order valence-corrected chi connectivity index (χ1v) is 8.56. The molecular formula is C19H20ClN3O2. The minimum atomic E-state index is -0.268. The summed E-state index contributed by atoms with van der Waals surface area (Å²) >= 11 is 5.85. The van der Waals surface area contributed by atoms with Crippen LogP contribution in [0.5, 0.6) is 0 Å². The van der Waals surface area contributed by atoms with Crippen molar-refractivity contribution < 1.29 is 9.59 Å². The number of piperazine rings is 1. The van der Waals surface area contributed by atoms with E-state index >= 15 is 0 Å². The van der Waals surface area contributed by atoms with Crippen molar-refractivity contribution in [2.24, 2.45) is 0 Å². The van der Waals surface area contributed by atoms with Gasteiger partial charge in [0.25, 0.3) is 11.8 Å². The molecule has 0 spiro atoms. The molecule has 6 heteroatoms. The van der Waals surface area contributed by atoms with E-state index in [2.05, 4.69) is 10.2 Å². The van der Waals surface area contributed by atoms with Gasteiger partial charge in [-0.2, -0.15) is 0 Å². The first-order chi connectivity index (χ1) is 12.0. The summed E-state index contributed by atoms with van der Waals surface area (Å²) in [5.41, 5.74) is 1.52. The molecule has 1 aliphatic heterocycles. The predicted octanol–water partition coefficient (Wildman–Crippen LogP) is 2.98. The molecule has 25 heavy (non-hydrogen) atoms. The van der Waals surface area contributed by atoms with Gasteiger partial charge in [-0.15, -0.1) is 0 Å². The van der Waals surface area contributed by atoms with Gasteiger partial charge in [0.1, 0.15) is 0 Å². The number of nitrogens with zero attached hydrogens (tertiary/aromatic N) is 2. The van der Waals surface area contributed by atoms with Crippen LogP contribution in [-0.2, 0) is 0 Å². The maximum Gasteiger partial charge on any atom is 0.256 e. The zero-order chi connectivity index (χ0) is 17.8. The predicted molar refractivity (Wildman–Crippen MR) is 99.2 cm³/mol. The molecular weight excluding hydrogens is 338 g/mol. The summed E-state index contributed by atoms with van der Waals surface area (Å²) in [6, 6.07) is 13.7. The average Bonchev–Trinajstić information content (AvgIpc) is 2.63. The number of amides is 2. The molecule has 0 unspecified atom stereocenters. The monoisotopic (exact) mass is 357 g/mol. The number of carbonyl (C=O) groups excluding carboxylic acids is 2. The number of rotatable bonds is 3. The minimum absolute atomic E-state index is 0.0555. The number of hydrogen-bond donors (Lipinski definition) is 1. The highest BCUT2D eigenvalue weighted by atomic mass is 35.5. The highest BCUT2D eigenvalue weighted by Gasteiger charge is 2.22.